The zero-order valence-electron chi connectivity index (χ0n) is 12.1. The highest BCUT2D eigenvalue weighted by molar-refractivity contribution is 6.30. The van der Waals surface area contributed by atoms with Gasteiger partial charge in [-0.2, -0.15) is 0 Å². The van der Waals surface area contributed by atoms with Crippen molar-refractivity contribution < 1.29 is 4.92 Å². The second-order valence-electron chi connectivity index (χ2n) is 5.37. The van der Waals surface area contributed by atoms with Crippen molar-refractivity contribution in [2.75, 3.05) is 12.3 Å². The number of H-pyrrole nitrogens is 1. The number of nitrogen functional groups attached to an aromatic ring is 1. The van der Waals surface area contributed by atoms with Gasteiger partial charge in [0.1, 0.15) is 0 Å². The molecule has 1 aliphatic rings. The summed E-state index contributed by atoms with van der Waals surface area (Å²) in [6.45, 7) is 1.37. The van der Waals surface area contributed by atoms with Crippen LogP contribution in [0.5, 0.6) is 0 Å². The van der Waals surface area contributed by atoms with Crippen LogP contribution >= 0.6 is 11.6 Å². The van der Waals surface area contributed by atoms with E-state index < -0.39 is 4.92 Å². The lowest BCUT2D eigenvalue weighted by Gasteiger charge is -2.27. The van der Waals surface area contributed by atoms with E-state index >= 15 is 0 Å². The van der Waals surface area contributed by atoms with Gasteiger partial charge in [0.2, 0.25) is 5.95 Å². The fourth-order valence-electron chi connectivity index (χ4n) is 2.72. The van der Waals surface area contributed by atoms with Gasteiger partial charge in [-0.25, -0.2) is 4.98 Å². The maximum atomic E-state index is 12.0. The standard InChI is InChI=1S/C14H14ClN5O3/c15-9-2-1-8(12(5-9)20(22)23)6-19-4-3-11-10(7-19)13(21)18-14(16)17-11/h1-2,5H,3-4,6-7H2,(H3,16,17,18,21). The monoisotopic (exact) mass is 335 g/mol. The fraction of sp³-hybridized carbons (Fsp3) is 0.286. The van der Waals surface area contributed by atoms with Crippen molar-refractivity contribution in [2.45, 2.75) is 19.5 Å². The van der Waals surface area contributed by atoms with Gasteiger partial charge in [-0.3, -0.25) is 24.8 Å². The topological polar surface area (TPSA) is 118 Å². The second-order valence-corrected chi connectivity index (χ2v) is 5.80. The third kappa shape index (κ3) is 3.17. The summed E-state index contributed by atoms with van der Waals surface area (Å²) in [5.41, 5.74) is 7.06. The summed E-state index contributed by atoms with van der Waals surface area (Å²) in [7, 11) is 0. The highest BCUT2D eigenvalue weighted by Crippen LogP contribution is 2.26. The zero-order valence-corrected chi connectivity index (χ0v) is 12.8. The highest BCUT2D eigenvalue weighted by Gasteiger charge is 2.23. The molecule has 0 bridgehead atoms. The van der Waals surface area contributed by atoms with Crippen molar-refractivity contribution in [3.63, 3.8) is 0 Å². The van der Waals surface area contributed by atoms with Crippen LogP contribution in [0.4, 0.5) is 11.6 Å². The van der Waals surface area contributed by atoms with Gasteiger partial charge < -0.3 is 5.73 Å². The van der Waals surface area contributed by atoms with Crippen LogP contribution in [0, 0.1) is 10.1 Å². The van der Waals surface area contributed by atoms with Crippen LogP contribution in [0.2, 0.25) is 5.02 Å². The Morgan fingerprint density at radius 3 is 3.00 bits per heavy atom. The normalized spacial score (nSPS) is 14.5. The Morgan fingerprint density at radius 1 is 1.48 bits per heavy atom. The van der Waals surface area contributed by atoms with Crippen LogP contribution in [0.3, 0.4) is 0 Å². The largest absolute Gasteiger partial charge is 0.369 e. The molecule has 3 rings (SSSR count). The smallest absolute Gasteiger partial charge is 0.275 e. The first-order valence-electron chi connectivity index (χ1n) is 6.97. The maximum absolute atomic E-state index is 12.0. The molecule has 3 N–H and O–H groups in total. The summed E-state index contributed by atoms with van der Waals surface area (Å²) in [5.74, 6) is 0.107. The quantitative estimate of drug-likeness (QED) is 0.647. The number of benzene rings is 1. The average molecular weight is 336 g/mol. The third-order valence-corrected chi connectivity index (χ3v) is 4.04. The maximum Gasteiger partial charge on any atom is 0.275 e. The Hall–Kier alpha value is -2.45. The zero-order chi connectivity index (χ0) is 16.6. The van der Waals surface area contributed by atoms with Crippen LogP contribution in [0.1, 0.15) is 16.8 Å². The van der Waals surface area contributed by atoms with Crippen molar-refractivity contribution in [2.24, 2.45) is 0 Å². The lowest BCUT2D eigenvalue weighted by molar-refractivity contribution is -0.385. The van der Waals surface area contributed by atoms with Crippen molar-refractivity contribution >= 4 is 23.2 Å². The summed E-state index contributed by atoms with van der Waals surface area (Å²) in [6, 6.07) is 4.60. The predicted octanol–water partition coefficient (Wildman–Crippen LogP) is 1.47. The average Bonchev–Trinajstić information content (AvgIpc) is 2.49. The van der Waals surface area contributed by atoms with Crippen LogP contribution in [0.25, 0.3) is 0 Å². The molecule has 0 spiro atoms. The van der Waals surface area contributed by atoms with E-state index in [1.165, 1.54) is 6.07 Å². The molecule has 8 nitrogen and oxygen atoms in total. The molecule has 120 valence electrons. The minimum atomic E-state index is -0.450. The number of fused-ring (bicyclic) bond motifs is 1. The van der Waals surface area contributed by atoms with Gasteiger partial charge >= 0.3 is 0 Å². The van der Waals surface area contributed by atoms with Crippen LogP contribution < -0.4 is 11.3 Å². The molecular formula is C14H14ClN5O3. The number of anilines is 1. The summed E-state index contributed by atoms with van der Waals surface area (Å²) in [6.07, 6.45) is 0.574. The second kappa shape index (κ2) is 5.98. The van der Waals surface area contributed by atoms with Crippen LogP contribution in [-0.2, 0) is 19.5 Å². The SMILES string of the molecule is Nc1nc2c(c(=O)[nH]1)CN(Cc1ccc(Cl)cc1[N+](=O)[O-])CC2. The van der Waals surface area contributed by atoms with Crippen molar-refractivity contribution in [3.05, 3.63) is 60.5 Å². The first-order chi connectivity index (χ1) is 10.9. The van der Waals surface area contributed by atoms with E-state index in [-0.39, 0.29) is 17.2 Å². The molecule has 1 aromatic heterocycles. The number of rotatable bonds is 3. The number of nitrogens with one attached hydrogen (secondary N) is 1. The van der Waals surface area contributed by atoms with Crippen molar-refractivity contribution in [1.29, 1.82) is 0 Å². The molecule has 1 aromatic carbocycles. The number of nitro groups is 1. The molecule has 0 atom stereocenters. The first-order valence-corrected chi connectivity index (χ1v) is 7.34. The van der Waals surface area contributed by atoms with E-state index in [1.54, 1.807) is 12.1 Å². The van der Waals surface area contributed by atoms with Gasteiger partial charge in [0.25, 0.3) is 11.2 Å². The minimum absolute atomic E-state index is 0.0207. The molecule has 2 heterocycles. The van der Waals surface area contributed by atoms with Crippen LogP contribution in [0.15, 0.2) is 23.0 Å². The van der Waals surface area contributed by atoms with Gasteiger partial charge in [-0.05, 0) is 12.1 Å². The molecule has 0 aliphatic carbocycles. The summed E-state index contributed by atoms with van der Waals surface area (Å²) < 4.78 is 0. The third-order valence-electron chi connectivity index (χ3n) is 3.80. The van der Waals surface area contributed by atoms with Gasteiger partial charge in [0.05, 0.1) is 16.2 Å². The van der Waals surface area contributed by atoms with Crippen molar-refractivity contribution in [3.8, 4) is 0 Å². The molecule has 1 aliphatic heterocycles. The molecule has 0 amide bonds. The van der Waals surface area contributed by atoms with Gasteiger partial charge in [0, 0.05) is 42.7 Å². The van der Waals surface area contributed by atoms with E-state index in [4.69, 9.17) is 17.3 Å². The Labute approximate surface area is 136 Å². The van der Waals surface area contributed by atoms with E-state index in [0.717, 1.165) is 0 Å². The predicted molar refractivity (Wildman–Crippen MR) is 85.2 cm³/mol. The number of nitrogens with zero attached hydrogens (tertiary/aromatic N) is 3. The number of hydrogen-bond donors (Lipinski definition) is 2. The number of halogens is 1. The Kier molecular flexibility index (Phi) is 4.01. The lowest BCUT2D eigenvalue weighted by Crippen LogP contribution is -2.35. The van der Waals surface area contributed by atoms with E-state index in [2.05, 4.69) is 9.97 Å². The summed E-state index contributed by atoms with van der Waals surface area (Å²) in [4.78, 5) is 31.3. The number of aromatic amines is 1. The number of hydrogen-bond acceptors (Lipinski definition) is 6. The number of nitrogens with two attached hydrogens (primary N) is 1. The van der Waals surface area contributed by atoms with E-state index in [1.807, 2.05) is 4.90 Å². The molecular weight excluding hydrogens is 322 g/mol. The fourth-order valence-corrected chi connectivity index (χ4v) is 2.88. The summed E-state index contributed by atoms with van der Waals surface area (Å²) >= 11 is 5.82. The van der Waals surface area contributed by atoms with Gasteiger partial charge in [-0.1, -0.05) is 11.6 Å². The number of nitro benzene ring substituents is 1. The molecule has 9 heteroatoms. The van der Waals surface area contributed by atoms with Crippen molar-refractivity contribution in [1.82, 2.24) is 14.9 Å². The van der Waals surface area contributed by atoms with E-state index in [0.29, 0.717) is 47.9 Å². The Balaban J connectivity index is 1.86. The highest BCUT2D eigenvalue weighted by atomic mass is 35.5. The molecule has 2 aromatic rings. The molecule has 0 saturated heterocycles. The Morgan fingerprint density at radius 2 is 2.26 bits per heavy atom. The molecule has 0 unspecified atom stereocenters. The van der Waals surface area contributed by atoms with E-state index in [9.17, 15) is 14.9 Å². The minimum Gasteiger partial charge on any atom is -0.369 e. The van der Waals surface area contributed by atoms with Gasteiger partial charge in [0.15, 0.2) is 0 Å². The molecule has 0 radical (unpaired) electrons. The summed E-state index contributed by atoms with van der Waals surface area (Å²) in [5, 5.41) is 11.5. The Bertz CT molecular complexity index is 836. The van der Waals surface area contributed by atoms with Crippen LogP contribution in [-0.4, -0.2) is 26.3 Å². The molecule has 0 saturated carbocycles. The number of aromatic nitrogens is 2. The molecule has 23 heavy (non-hydrogen) atoms. The first kappa shape index (κ1) is 15.4. The van der Waals surface area contributed by atoms with Gasteiger partial charge in [-0.15, -0.1) is 0 Å². The lowest BCUT2D eigenvalue weighted by atomic mass is 10.1. The molecule has 0 fully saturated rings.